The Labute approximate surface area is 112 Å². The highest BCUT2D eigenvalue weighted by Gasteiger charge is 2.26. The van der Waals surface area contributed by atoms with Gasteiger partial charge in [-0.15, -0.1) is 0 Å². The second-order valence-corrected chi connectivity index (χ2v) is 6.54. The summed E-state index contributed by atoms with van der Waals surface area (Å²) in [5.41, 5.74) is 0. The second kappa shape index (κ2) is 6.88. The summed E-state index contributed by atoms with van der Waals surface area (Å²) in [5, 5.41) is 9.85. The molecular formula is C15H30N2O. The monoisotopic (exact) mass is 254 g/mol. The van der Waals surface area contributed by atoms with Crippen molar-refractivity contribution in [2.45, 2.75) is 45.1 Å². The van der Waals surface area contributed by atoms with Gasteiger partial charge in [0.05, 0.1) is 6.10 Å². The molecule has 0 aromatic rings. The molecule has 0 spiro atoms. The summed E-state index contributed by atoms with van der Waals surface area (Å²) < 4.78 is 0. The molecule has 1 heterocycles. The molecule has 1 saturated heterocycles. The molecule has 2 rings (SSSR count). The molecule has 1 N–H and O–H groups in total. The lowest BCUT2D eigenvalue weighted by Gasteiger charge is -2.32. The fourth-order valence-corrected chi connectivity index (χ4v) is 3.32. The molecule has 2 atom stereocenters. The number of aliphatic hydroxyl groups excluding tert-OH is 1. The Morgan fingerprint density at radius 2 is 1.89 bits per heavy atom. The fourth-order valence-electron chi connectivity index (χ4n) is 3.32. The summed E-state index contributed by atoms with van der Waals surface area (Å²) in [4.78, 5) is 5.01. The molecule has 2 aliphatic rings. The zero-order valence-electron chi connectivity index (χ0n) is 12.1. The molecule has 0 aromatic heterocycles. The fraction of sp³-hybridized carbons (Fsp3) is 1.00. The van der Waals surface area contributed by atoms with Crippen LogP contribution < -0.4 is 0 Å². The molecule has 3 heteroatoms. The Hall–Kier alpha value is -0.120. The lowest BCUT2D eigenvalue weighted by molar-refractivity contribution is 0.102. The maximum atomic E-state index is 9.85. The predicted octanol–water partition coefficient (Wildman–Crippen LogP) is 1.81. The van der Waals surface area contributed by atoms with Crippen LogP contribution in [0.15, 0.2) is 0 Å². The summed E-state index contributed by atoms with van der Waals surface area (Å²) in [6, 6.07) is 0. The number of likely N-dealkylation sites (N-methyl/N-ethyl adjacent to an activating group) is 1. The SMILES string of the molecule is CC1CCN(CCN(C)CC2CCCC2O)CC1. The van der Waals surface area contributed by atoms with Crippen LogP contribution in [0.3, 0.4) is 0 Å². The molecule has 2 fully saturated rings. The van der Waals surface area contributed by atoms with Crippen molar-refractivity contribution in [1.82, 2.24) is 9.80 Å². The minimum absolute atomic E-state index is 0.0386. The Balaban J connectivity index is 1.61. The van der Waals surface area contributed by atoms with Crippen molar-refractivity contribution in [1.29, 1.82) is 0 Å². The van der Waals surface area contributed by atoms with Gasteiger partial charge in [0.15, 0.2) is 0 Å². The van der Waals surface area contributed by atoms with Gasteiger partial charge in [0, 0.05) is 19.6 Å². The van der Waals surface area contributed by atoms with E-state index in [4.69, 9.17) is 0 Å². The van der Waals surface area contributed by atoms with E-state index in [1.165, 1.54) is 45.3 Å². The molecule has 106 valence electrons. The van der Waals surface area contributed by atoms with Crippen LogP contribution >= 0.6 is 0 Å². The largest absolute Gasteiger partial charge is 0.393 e. The van der Waals surface area contributed by atoms with Gasteiger partial charge in [-0.1, -0.05) is 13.3 Å². The quantitative estimate of drug-likeness (QED) is 0.810. The Bertz CT molecular complexity index is 239. The van der Waals surface area contributed by atoms with Crippen LogP contribution in [-0.2, 0) is 0 Å². The van der Waals surface area contributed by atoms with E-state index in [0.29, 0.717) is 5.92 Å². The number of aliphatic hydroxyl groups is 1. The molecule has 1 aliphatic heterocycles. The van der Waals surface area contributed by atoms with Crippen LogP contribution in [0.4, 0.5) is 0 Å². The lowest BCUT2D eigenvalue weighted by atomic mass is 9.99. The van der Waals surface area contributed by atoms with Gasteiger partial charge in [0.2, 0.25) is 0 Å². The van der Waals surface area contributed by atoms with Gasteiger partial charge in [-0.2, -0.15) is 0 Å². The zero-order chi connectivity index (χ0) is 13.0. The smallest absolute Gasteiger partial charge is 0.0580 e. The first-order valence-corrected chi connectivity index (χ1v) is 7.74. The van der Waals surface area contributed by atoms with Gasteiger partial charge < -0.3 is 14.9 Å². The number of rotatable bonds is 5. The highest BCUT2D eigenvalue weighted by atomic mass is 16.3. The highest BCUT2D eigenvalue weighted by molar-refractivity contribution is 4.79. The number of nitrogens with zero attached hydrogens (tertiary/aromatic N) is 2. The number of hydrogen-bond acceptors (Lipinski definition) is 3. The molecule has 0 aromatic carbocycles. The minimum Gasteiger partial charge on any atom is -0.393 e. The van der Waals surface area contributed by atoms with Crippen molar-refractivity contribution in [3.05, 3.63) is 0 Å². The topological polar surface area (TPSA) is 26.7 Å². The molecule has 2 unspecified atom stereocenters. The summed E-state index contributed by atoms with van der Waals surface area (Å²) in [5.74, 6) is 1.45. The van der Waals surface area contributed by atoms with Gasteiger partial charge in [-0.3, -0.25) is 0 Å². The van der Waals surface area contributed by atoms with Crippen molar-refractivity contribution in [3.63, 3.8) is 0 Å². The van der Waals surface area contributed by atoms with E-state index in [1.807, 2.05) is 0 Å². The van der Waals surface area contributed by atoms with Crippen LogP contribution in [0, 0.1) is 11.8 Å². The molecule has 18 heavy (non-hydrogen) atoms. The van der Waals surface area contributed by atoms with E-state index in [-0.39, 0.29) is 6.10 Å². The lowest BCUT2D eigenvalue weighted by Crippen LogP contribution is -2.40. The van der Waals surface area contributed by atoms with E-state index in [9.17, 15) is 5.11 Å². The number of likely N-dealkylation sites (tertiary alicyclic amines) is 1. The van der Waals surface area contributed by atoms with Crippen molar-refractivity contribution >= 4 is 0 Å². The van der Waals surface area contributed by atoms with Gasteiger partial charge in [-0.05, 0) is 57.7 Å². The Morgan fingerprint density at radius 1 is 1.17 bits per heavy atom. The molecule has 0 radical (unpaired) electrons. The van der Waals surface area contributed by atoms with Crippen molar-refractivity contribution in [2.24, 2.45) is 11.8 Å². The van der Waals surface area contributed by atoms with E-state index in [2.05, 4.69) is 23.8 Å². The third-order valence-corrected chi connectivity index (χ3v) is 4.84. The van der Waals surface area contributed by atoms with E-state index < -0.39 is 0 Å². The summed E-state index contributed by atoms with van der Waals surface area (Å²) in [7, 11) is 2.21. The van der Waals surface area contributed by atoms with Gasteiger partial charge in [0.1, 0.15) is 0 Å². The summed E-state index contributed by atoms with van der Waals surface area (Å²) in [6.45, 7) is 8.35. The average Bonchev–Trinajstić information content (AvgIpc) is 2.74. The van der Waals surface area contributed by atoms with Crippen LogP contribution in [0.1, 0.15) is 39.0 Å². The normalized spacial score (nSPS) is 31.3. The Morgan fingerprint density at radius 3 is 2.50 bits per heavy atom. The van der Waals surface area contributed by atoms with Crippen molar-refractivity contribution in [3.8, 4) is 0 Å². The van der Waals surface area contributed by atoms with Crippen molar-refractivity contribution < 1.29 is 5.11 Å². The van der Waals surface area contributed by atoms with Crippen molar-refractivity contribution in [2.75, 3.05) is 39.8 Å². The molecule has 1 saturated carbocycles. The standard InChI is InChI=1S/C15H30N2O/c1-13-6-8-17(9-7-13)11-10-16(2)12-14-4-3-5-15(14)18/h13-15,18H,3-12H2,1-2H3. The zero-order valence-corrected chi connectivity index (χ0v) is 12.1. The van der Waals surface area contributed by atoms with Crippen LogP contribution in [0.25, 0.3) is 0 Å². The minimum atomic E-state index is -0.0386. The highest BCUT2D eigenvalue weighted by Crippen LogP contribution is 2.25. The van der Waals surface area contributed by atoms with Crippen LogP contribution in [-0.4, -0.2) is 60.8 Å². The molecule has 1 aliphatic carbocycles. The molecule has 3 nitrogen and oxygen atoms in total. The van der Waals surface area contributed by atoms with E-state index in [1.54, 1.807) is 0 Å². The van der Waals surface area contributed by atoms with Gasteiger partial charge >= 0.3 is 0 Å². The first kappa shape index (κ1) is 14.3. The van der Waals surface area contributed by atoms with Gasteiger partial charge in [-0.25, -0.2) is 0 Å². The number of hydrogen-bond donors (Lipinski definition) is 1. The maximum absolute atomic E-state index is 9.85. The Kier molecular flexibility index (Phi) is 5.46. The van der Waals surface area contributed by atoms with Gasteiger partial charge in [0.25, 0.3) is 0 Å². The average molecular weight is 254 g/mol. The molecule has 0 bridgehead atoms. The second-order valence-electron chi connectivity index (χ2n) is 6.54. The third-order valence-electron chi connectivity index (χ3n) is 4.84. The van der Waals surface area contributed by atoms with Crippen LogP contribution in [0.2, 0.25) is 0 Å². The maximum Gasteiger partial charge on any atom is 0.0580 e. The van der Waals surface area contributed by atoms with E-state index >= 15 is 0 Å². The summed E-state index contributed by atoms with van der Waals surface area (Å²) >= 11 is 0. The summed E-state index contributed by atoms with van der Waals surface area (Å²) in [6.07, 6.45) is 6.14. The third kappa shape index (κ3) is 4.22. The predicted molar refractivity (Wildman–Crippen MR) is 75.7 cm³/mol. The molecular weight excluding hydrogens is 224 g/mol. The first-order valence-electron chi connectivity index (χ1n) is 7.74. The first-order chi connectivity index (χ1) is 8.65. The van der Waals surface area contributed by atoms with E-state index in [0.717, 1.165) is 25.4 Å². The van der Waals surface area contributed by atoms with Crippen LogP contribution in [0.5, 0.6) is 0 Å². The number of piperidine rings is 1. The molecule has 0 amide bonds.